The molecule has 1 N–H and O–H groups in total. The molecule has 0 saturated carbocycles. The van der Waals surface area contributed by atoms with Crippen LogP contribution in [0, 0.1) is 11.3 Å². The van der Waals surface area contributed by atoms with Crippen LogP contribution in [0.3, 0.4) is 0 Å². The summed E-state index contributed by atoms with van der Waals surface area (Å²) in [5.74, 6) is -2.15. The van der Waals surface area contributed by atoms with E-state index in [0.29, 0.717) is 16.7 Å². The van der Waals surface area contributed by atoms with Gasteiger partial charge in [-0.15, -0.1) is 11.3 Å². The van der Waals surface area contributed by atoms with Gasteiger partial charge in [0, 0.05) is 54.2 Å². The van der Waals surface area contributed by atoms with Gasteiger partial charge < -0.3 is 19.1 Å². The van der Waals surface area contributed by atoms with Crippen LogP contribution in [0.5, 0.6) is 0 Å². The number of pyridine rings is 1. The Bertz CT molecular complexity index is 1610. The second-order valence-electron chi connectivity index (χ2n) is 8.34. The average molecular weight is 595 g/mol. The van der Waals surface area contributed by atoms with Crippen molar-refractivity contribution in [1.82, 2.24) is 4.57 Å². The summed E-state index contributed by atoms with van der Waals surface area (Å²) in [7, 11) is -1.59. The molecule has 2 aromatic heterocycles. The number of aromatic nitrogens is 1. The molecule has 0 amide bonds. The fourth-order valence-corrected chi connectivity index (χ4v) is 4.47. The largest absolute Gasteiger partial charge is 1.00 e. The zero-order valence-corrected chi connectivity index (χ0v) is 26.2. The van der Waals surface area contributed by atoms with Gasteiger partial charge in [-0.25, -0.2) is 0 Å². The summed E-state index contributed by atoms with van der Waals surface area (Å²) in [6.07, 6.45) is 1.79. The molecule has 4 rings (SSSR count). The minimum Gasteiger partial charge on any atom is -0.642 e. The van der Waals surface area contributed by atoms with Crippen LogP contribution in [-0.2, 0) is 35.0 Å². The van der Waals surface area contributed by atoms with Crippen LogP contribution in [-0.4, -0.2) is 34.9 Å². The second kappa shape index (κ2) is 16.5. The number of aliphatic hydroxyl groups excluding tert-OH is 1. The predicted octanol–water partition coefficient (Wildman–Crippen LogP) is 1.26. The van der Waals surface area contributed by atoms with E-state index >= 15 is 0 Å². The molecule has 2 aromatic carbocycles. The third-order valence-corrected chi connectivity index (χ3v) is 6.28. The molecule has 1 radical (unpaired) electrons. The normalized spacial score (nSPS) is 9.90. The van der Waals surface area contributed by atoms with Crippen molar-refractivity contribution in [3.63, 3.8) is 0 Å². The number of nitrogens with zero attached hydrogens (tertiary/aromatic N) is 2. The number of aliphatic hydroxyl groups is 1. The van der Waals surface area contributed by atoms with Crippen LogP contribution in [0.2, 0.25) is 0 Å². The molecule has 0 aliphatic heterocycles. The fraction of sp³-hybridized carbons (Fsp3) is 0.138. The summed E-state index contributed by atoms with van der Waals surface area (Å²) in [5, 5.41) is 21.1. The van der Waals surface area contributed by atoms with E-state index in [1.54, 1.807) is 35.0 Å². The Balaban J connectivity index is 0.000000377. The summed E-state index contributed by atoms with van der Waals surface area (Å²) >= 11 is 1.47. The van der Waals surface area contributed by atoms with Crippen LogP contribution < -0.4 is 35.1 Å². The van der Waals surface area contributed by atoms with Crippen molar-refractivity contribution in [1.29, 1.82) is 5.26 Å². The summed E-state index contributed by atoms with van der Waals surface area (Å²) in [6, 6.07) is 22.4. The van der Waals surface area contributed by atoms with Gasteiger partial charge in [-0.2, -0.15) is 5.26 Å². The van der Waals surface area contributed by atoms with Crippen molar-refractivity contribution < 1.29 is 63.0 Å². The summed E-state index contributed by atoms with van der Waals surface area (Å²) in [4.78, 5) is 45.4. The van der Waals surface area contributed by atoms with E-state index in [-0.39, 0.29) is 41.7 Å². The average Bonchev–Trinajstić information content (AvgIpc) is 3.42. The number of thiophene rings is 1. The van der Waals surface area contributed by atoms with Gasteiger partial charge in [-0.3, -0.25) is 23.7 Å². The summed E-state index contributed by atoms with van der Waals surface area (Å²) in [6.45, 7) is 3.22. The number of para-hydroxylation sites is 1. The third kappa shape index (κ3) is 9.27. The molecule has 0 spiro atoms. The standard InChI is InChI=1S/C23H16N2O2S.C6H9BO6.Na/c24-13-16-6-4-5-9-19(16)21-12-17(20-10-11-28-22(20)15-26)14-25(23(21)27)18-7-2-1-3-8-18;1-4(8)11-7(12-5(2)9)13-6(3)10;/h1-12,14,26H,15H2;1-3H3;/q;-1;+1. The number of carbonyl (C=O) groups excluding carboxylic acids is 3. The summed E-state index contributed by atoms with van der Waals surface area (Å²) in [5.41, 5.74) is 3.74. The minimum absolute atomic E-state index is 0. The Morgan fingerprint density at radius 3 is 2.00 bits per heavy atom. The number of rotatable bonds is 7. The Morgan fingerprint density at radius 1 is 0.881 bits per heavy atom. The Hall–Kier alpha value is -3.99. The van der Waals surface area contributed by atoms with Crippen LogP contribution in [0.4, 0.5) is 0 Å². The molecule has 0 aliphatic carbocycles. The van der Waals surface area contributed by atoms with Gasteiger partial charge in [0.25, 0.3) is 23.5 Å². The van der Waals surface area contributed by atoms with Gasteiger partial charge in [0.15, 0.2) is 0 Å². The number of hydrogen-bond acceptors (Lipinski definition) is 10. The van der Waals surface area contributed by atoms with Crippen molar-refractivity contribution in [2.45, 2.75) is 27.4 Å². The molecule has 10 nitrogen and oxygen atoms in total. The fourth-order valence-electron chi connectivity index (χ4n) is 3.72. The molecule has 0 saturated heterocycles. The SMILES string of the molecule is CC(=O)O[B-](OC(C)=O)OC(C)=O.N#Cc1ccccc1-c1cc(-c2ccsc2CO)cn(-c2ccccc2)c1=O.[Na+]. The van der Waals surface area contributed by atoms with E-state index in [1.165, 1.54) is 11.3 Å². The van der Waals surface area contributed by atoms with Gasteiger partial charge in [-0.05, 0) is 41.3 Å². The Labute approximate surface area is 268 Å². The molecule has 2 heterocycles. The van der Waals surface area contributed by atoms with E-state index in [4.69, 9.17) is 0 Å². The number of benzene rings is 2. The molecular formula is C29H25BN2NaO8S. The molecule has 0 unspecified atom stereocenters. The Morgan fingerprint density at radius 2 is 1.45 bits per heavy atom. The topological polar surface area (TPSA) is 145 Å². The first-order chi connectivity index (χ1) is 19.6. The van der Waals surface area contributed by atoms with Crippen LogP contribution in [0.25, 0.3) is 27.9 Å². The van der Waals surface area contributed by atoms with E-state index in [0.717, 1.165) is 42.5 Å². The molecule has 0 bridgehead atoms. The predicted molar refractivity (Wildman–Crippen MR) is 152 cm³/mol. The van der Waals surface area contributed by atoms with Crippen LogP contribution in [0.15, 0.2) is 83.1 Å². The zero-order chi connectivity index (χ0) is 29.9. The van der Waals surface area contributed by atoms with Crippen molar-refractivity contribution >= 4 is 36.6 Å². The van der Waals surface area contributed by atoms with E-state index in [1.807, 2.05) is 47.8 Å². The number of carbonyl (C=O) groups is 3. The molecule has 0 aliphatic rings. The molecule has 0 atom stereocenters. The third-order valence-electron chi connectivity index (χ3n) is 5.38. The smallest absolute Gasteiger partial charge is 0.642 e. The van der Waals surface area contributed by atoms with Crippen molar-refractivity contribution in [3.05, 3.63) is 99.1 Å². The molecule has 209 valence electrons. The quantitative estimate of drug-likeness (QED) is 0.312. The van der Waals surface area contributed by atoms with Gasteiger partial charge in [0.1, 0.15) is 0 Å². The van der Waals surface area contributed by atoms with E-state index in [9.17, 15) is 29.5 Å². The molecule has 0 fully saturated rings. The van der Waals surface area contributed by atoms with Crippen molar-refractivity contribution in [2.75, 3.05) is 0 Å². The van der Waals surface area contributed by atoms with Crippen LogP contribution in [0.1, 0.15) is 31.2 Å². The maximum absolute atomic E-state index is 13.3. The van der Waals surface area contributed by atoms with Gasteiger partial charge >= 0.3 is 36.9 Å². The first-order valence-electron chi connectivity index (χ1n) is 12.2. The zero-order valence-electron chi connectivity index (χ0n) is 23.4. The van der Waals surface area contributed by atoms with E-state index in [2.05, 4.69) is 20.0 Å². The minimum atomic E-state index is -1.59. The van der Waals surface area contributed by atoms with Gasteiger partial charge in [0.05, 0.1) is 18.2 Å². The van der Waals surface area contributed by atoms with Crippen molar-refractivity contribution in [3.8, 4) is 34.0 Å². The molecule has 13 heteroatoms. The maximum Gasteiger partial charge on any atom is 1.00 e. The molecule has 42 heavy (non-hydrogen) atoms. The number of nitriles is 1. The maximum atomic E-state index is 13.3. The second-order valence-corrected chi connectivity index (χ2v) is 9.34. The van der Waals surface area contributed by atoms with Crippen molar-refractivity contribution in [2.24, 2.45) is 0 Å². The first kappa shape index (κ1) is 34.2. The summed E-state index contributed by atoms with van der Waals surface area (Å²) < 4.78 is 14.6. The van der Waals surface area contributed by atoms with E-state index < -0.39 is 25.2 Å². The van der Waals surface area contributed by atoms with Gasteiger partial charge in [0.2, 0.25) is 0 Å². The monoisotopic (exact) mass is 595 g/mol. The first-order valence-corrected chi connectivity index (χ1v) is 13.0. The van der Waals surface area contributed by atoms with Gasteiger partial charge in [-0.1, -0.05) is 36.4 Å². The number of hydrogen-bond donors (Lipinski definition) is 1. The van der Waals surface area contributed by atoms with Crippen LogP contribution >= 0.6 is 11.3 Å². The molecule has 4 aromatic rings. The Kier molecular flexibility index (Phi) is 13.4. The molecular weight excluding hydrogens is 570 g/mol.